The molecule has 21 heavy (non-hydrogen) atoms. The van der Waals surface area contributed by atoms with Crippen LogP contribution in [0, 0.1) is 0 Å². The molecule has 0 spiro atoms. The number of rotatable bonds is 5. The second-order valence-corrected chi connectivity index (χ2v) is 5.42. The quantitative estimate of drug-likeness (QED) is 0.856. The van der Waals surface area contributed by atoms with Crippen molar-refractivity contribution in [2.24, 2.45) is 0 Å². The fourth-order valence-corrected chi connectivity index (χ4v) is 2.81. The number of methoxy groups -OCH3 is 1. The molecule has 3 nitrogen and oxygen atoms in total. The summed E-state index contributed by atoms with van der Waals surface area (Å²) >= 11 is 0. The van der Waals surface area contributed by atoms with Crippen LogP contribution >= 0.6 is 0 Å². The van der Waals surface area contributed by atoms with Crippen molar-refractivity contribution in [3.8, 4) is 0 Å². The second-order valence-electron chi connectivity index (χ2n) is 5.42. The second kappa shape index (κ2) is 6.10. The molecule has 0 fully saturated rings. The smallest absolute Gasteiger partial charge is 0.337 e. The summed E-state index contributed by atoms with van der Waals surface area (Å²) in [6.45, 7) is 1.82. The summed E-state index contributed by atoms with van der Waals surface area (Å²) in [5, 5.41) is 3.49. The molecule has 1 unspecified atom stereocenters. The lowest BCUT2D eigenvalue weighted by atomic mass is 9.77. The summed E-state index contributed by atoms with van der Waals surface area (Å²) in [6, 6.07) is 16.2. The van der Waals surface area contributed by atoms with E-state index in [2.05, 4.69) is 34.3 Å². The molecule has 1 atom stereocenters. The molecule has 0 heterocycles. The minimum absolute atomic E-state index is 0.291. The average Bonchev–Trinajstić information content (AvgIpc) is 2.51. The van der Waals surface area contributed by atoms with Crippen LogP contribution in [0.2, 0.25) is 0 Å². The third kappa shape index (κ3) is 2.98. The van der Waals surface area contributed by atoms with E-state index in [1.165, 1.54) is 30.2 Å². The predicted octanol–water partition coefficient (Wildman–Crippen LogP) is 2.90. The molecule has 1 aliphatic carbocycles. The van der Waals surface area contributed by atoms with Crippen LogP contribution in [0.3, 0.4) is 0 Å². The van der Waals surface area contributed by atoms with E-state index in [1.807, 2.05) is 24.3 Å². The average molecular weight is 281 g/mol. The molecule has 2 aromatic carbocycles. The van der Waals surface area contributed by atoms with Gasteiger partial charge >= 0.3 is 5.97 Å². The van der Waals surface area contributed by atoms with E-state index in [9.17, 15) is 4.79 Å². The standard InChI is InChI=1S/C18H19NO2/c1-21-18(20)14-8-6-13(7-9-14)11-19-12-16-10-15-4-2-3-5-17(15)16/h2-9,16,19H,10-12H2,1H3. The summed E-state index contributed by atoms with van der Waals surface area (Å²) in [4.78, 5) is 11.4. The van der Waals surface area contributed by atoms with Crippen molar-refractivity contribution in [3.63, 3.8) is 0 Å². The summed E-state index contributed by atoms with van der Waals surface area (Å²) in [7, 11) is 1.40. The summed E-state index contributed by atoms with van der Waals surface area (Å²) in [6.07, 6.45) is 1.17. The third-order valence-corrected chi connectivity index (χ3v) is 4.06. The van der Waals surface area contributed by atoms with Crippen molar-refractivity contribution in [2.45, 2.75) is 18.9 Å². The highest BCUT2D eigenvalue weighted by atomic mass is 16.5. The molecule has 1 N–H and O–H groups in total. The molecule has 0 saturated heterocycles. The zero-order chi connectivity index (χ0) is 14.7. The van der Waals surface area contributed by atoms with Gasteiger partial charge in [0.2, 0.25) is 0 Å². The molecular weight excluding hydrogens is 262 g/mol. The van der Waals surface area contributed by atoms with Crippen molar-refractivity contribution in [3.05, 3.63) is 70.8 Å². The molecule has 0 aliphatic heterocycles. The predicted molar refractivity (Wildman–Crippen MR) is 82.4 cm³/mol. The zero-order valence-corrected chi connectivity index (χ0v) is 12.1. The maximum atomic E-state index is 11.4. The Morgan fingerprint density at radius 2 is 1.95 bits per heavy atom. The Balaban J connectivity index is 1.49. The van der Waals surface area contributed by atoms with Gasteiger partial charge in [-0.3, -0.25) is 0 Å². The molecule has 0 aromatic heterocycles. The number of benzene rings is 2. The van der Waals surface area contributed by atoms with E-state index in [1.54, 1.807) is 0 Å². The van der Waals surface area contributed by atoms with Crippen molar-refractivity contribution in [1.82, 2.24) is 5.32 Å². The first-order chi connectivity index (χ1) is 10.3. The van der Waals surface area contributed by atoms with Gasteiger partial charge in [-0.25, -0.2) is 4.79 Å². The molecule has 3 heteroatoms. The minimum atomic E-state index is -0.291. The van der Waals surface area contributed by atoms with E-state index in [-0.39, 0.29) is 5.97 Å². The number of ether oxygens (including phenoxy) is 1. The van der Waals surface area contributed by atoms with Crippen LogP contribution in [0.15, 0.2) is 48.5 Å². The Morgan fingerprint density at radius 3 is 2.67 bits per heavy atom. The molecule has 0 amide bonds. The van der Waals surface area contributed by atoms with Crippen LogP contribution in [-0.2, 0) is 17.7 Å². The van der Waals surface area contributed by atoms with Crippen LogP contribution in [0.5, 0.6) is 0 Å². The molecule has 2 aromatic rings. The highest BCUT2D eigenvalue weighted by molar-refractivity contribution is 5.89. The molecule has 0 saturated carbocycles. The fourth-order valence-electron chi connectivity index (χ4n) is 2.81. The molecule has 0 radical (unpaired) electrons. The molecule has 0 bridgehead atoms. The summed E-state index contributed by atoms with van der Waals surface area (Å²) in [5.41, 5.74) is 4.72. The van der Waals surface area contributed by atoms with Crippen LogP contribution in [0.25, 0.3) is 0 Å². The van der Waals surface area contributed by atoms with Gasteiger partial charge in [0.15, 0.2) is 0 Å². The van der Waals surface area contributed by atoms with Gasteiger partial charge in [-0.05, 0) is 35.2 Å². The van der Waals surface area contributed by atoms with Crippen molar-refractivity contribution >= 4 is 5.97 Å². The normalized spacial score (nSPS) is 16.0. The minimum Gasteiger partial charge on any atom is -0.465 e. The first-order valence-electron chi connectivity index (χ1n) is 7.23. The molecule has 3 rings (SSSR count). The van der Waals surface area contributed by atoms with Gasteiger partial charge in [-0.15, -0.1) is 0 Å². The fraction of sp³-hybridized carbons (Fsp3) is 0.278. The van der Waals surface area contributed by atoms with E-state index < -0.39 is 0 Å². The molecular formula is C18H19NO2. The van der Waals surface area contributed by atoms with Crippen molar-refractivity contribution in [1.29, 1.82) is 0 Å². The topological polar surface area (TPSA) is 38.3 Å². The SMILES string of the molecule is COC(=O)c1ccc(CNCC2Cc3ccccc32)cc1. The first-order valence-corrected chi connectivity index (χ1v) is 7.23. The maximum absolute atomic E-state index is 11.4. The molecule has 1 aliphatic rings. The van der Waals surface area contributed by atoms with Gasteiger partial charge in [-0.1, -0.05) is 36.4 Å². The zero-order valence-electron chi connectivity index (χ0n) is 12.1. The number of nitrogens with one attached hydrogen (secondary N) is 1. The van der Waals surface area contributed by atoms with Gasteiger partial charge in [0.25, 0.3) is 0 Å². The van der Waals surface area contributed by atoms with E-state index in [0.717, 1.165) is 13.1 Å². The van der Waals surface area contributed by atoms with Crippen LogP contribution in [-0.4, -0.2) is 19.6 Å². The Labute approximate surface area is 124 Å². The number of fused-ring (bicyclic) bond motifs is 1. The highest BCUT2D eigenvalue weighted by Gasteiger charge is 2.24. The Kier molecular flexibility index (Phi) is 4.02. The first kappa shape index (κ1) is 13.8. The summed E-state index contributed by atoms with van der Waals surface area (Å²) in [5.74, 6) is 0.344. The van der Waals surface area contributed by atoms with Gasteiger partial charge in [0.1, 0.15) is 0 Å². The number of carbonyl (C=O) groups excluding carboxylic acids is 1. The lowest BCUT2D eigenvalue weighted by Crippen LogP contribution is -2.28. The lowest BCUT2D eigenvalue weighted by molar-refractivity contribution is 0.0600. The Bertz CT molecular complexity index is 634. The van der Waals surface area contributed by atoms with Gasteiger partial charge in [-0.2, -0.15) is 0 Å². The third-order valence-electron chi connectivity index (χ3n) is 4.06. The largest absolute Gasteiger partial charge is 0.465 e. The van der Waals surface area contributed by atoms with Crippen LogP contribution in [0.1, 0.15) is 33.0 Å². The lowest BCUT2D eigenvalue weighted by Gasteiger charge is -2.30. The van der Waals surface area contributed by atoms with E-state index in [0.29, 0.717) is 11.5 Å². The number of carbonyl (C=O) groups is 1. The monoisotopic (exact) mass is 281 g/mol. The summed E-state index contributed by atoms with van der Waals surface area (Å²) < 4.78 is 4.69. The van der Waals surface area contributed by atoms with Crippen molar-refractivity contribution < 1.29 is 9.53 Å². The van der Waals surface area contributed by atoms with E-state index in [4.69, 9.17) is 0 Å². The van der Waals surface area contributed by atoms with Gasteiger partial charge < -0.3 is 10.1 Å². The Hall–Kier alpha value is -2.13. The van der Waals surface area contributed by atoms with E-state index >= 15 is 0 Å². The van der Waals surface area contributed by atoms with Crippen LogP contribution in [0.4, 0.5) is 0 Å². The molecule has 108 valence electrons. The van der Waals surface area contributed by atoms with Gasteiger partial charge in [0, 0.05) is 19.0 Å². The van der Waals surface area contributed by atoms with Crippen LogP contribution < -0.4 is 5.32 Å². The number of hydrogen-bond acceptors (Lipinski definition) is 3. The maximum Gasteiger partial charge on any atom is 0.337 e. The Morgan fingerprint density at radius 1 is 1.19 bits per heavy atom. The number of hydrogen-bond donors (Lipinski definition) is 1. The number of esters is 1. The highest BCUT2D eigenvalue weighted by Crippen LogP contribution is 2.33. The van der Waals surface area contributed by atoms with Crippen molar-refractivity contribution in [2.75, 3.05) is 13.7 Å². The van der Waals surface area contributed by atoms with Gasteiger partial charge in [0.05, 0.1) is 12.7 Å².